The highest BCUT2D eigenvalue weighted by molar-refractivity contribution is 9.11. The summed E-state index contributed by atoms with van der Waals surface area (Å²) in [5.74, 6) is 1.28. The molecule has 1 saturated heterocycles. The Morgan fingerprint density at radius 3 is 2.74 bits per heavy atom. The van der Waals surface area contributed by atoms with Gasteiger partial charge >= 0.3 is 0 Å². The molecule has 23 heavy (non-hydrogen) atoms. The Morgan fingerprint density at radius 2 is 2.04 bits per heavy atom. The van der Waals surface area contributed by atoms with Crippen LogP contribution in [0.1, 0.15) is 20.6 Å². The highest BCUT2D eigenvalue weighted by Gasteiger charge is 2.33. The summed E-state index contributed by atoms with van der Waals surface area (Å²) in [6.45, 7) is 0.593. The zero-order valence-corrected chi connectivity index (χ0v) is 16.1. The molecule has 1 aromatic heterocycles. The Kier molecular flexibility index (Phi) is 5.85. The third-order valence-electron chi connectivity index (χ3n) is 3.38. The van der Waals surface area contributed by atoms with Crippen LogP contribution in [0.25, 0.3) is 0 Å². The third-order valence-corrected chi connectivity index (χ3v) is 7.33. The SMILES string of the molecule is O=C(SCCN1C(=O)CSC1c1ccc(Br)s1)c1ccccc1. The summed E-state index contributed by atoms with van der Waals surface area (Å²) >= 11 is 8.05. The number of rotatable bonds is 5. The van der Waals surface area contributed by atoms with Gasteiger partial charge in [-0.25, -0.2) is 0 Å². The van der Waals surface area contributed by atoms with Gasteiger partial charge in [-0.05, 0) is 28.1 Å². The van der Waals surface area contributed by atoms with E-state index in [1.54, 1.807) is 23.1 Å². The Morgan fingerprint density at radius 1 is 1.26 bits per heavy atom. The molecule has 3 rings (SSSR count). The summed E-state index contributed by atoms with van der Waals surface area (Å²) in [7, 11) is 0. The van der Waals surface area contributed by atoms with E-state index in [1.807, 2.05) is 41.3 Å². The number of thioether (sulfide) groups is 2. The predicted octanol–water partition coefficient (Wildman–Crippen LogP) is 4.66. The van der Waals surface area contributed by atoms with Gasteiger partial charge in [0.25, 0.3) is 0 Å². The number of hydrogen-bond donors (Lipinski definition) is 0. The fourth-order valence-electron chi connectivity index (χ4n) is 2.29. The average Bonchev–Trinajstić information content (AvgIpc) is 3.14. The molecule has 1 amide bonds. The minimum absolute atomic E-state index is 0.0558. The first kappa shape index (κ1) is 17.1. The van der Waals surface area contributed by atoms with Gasteiger partial charge in [0.05, 0.1) is 9.54 Å². The zero-order valence-electron chi connectivity index (χ0n) is 12.1. The molecule has 1 aliphatic rings. The van der Waals surface area contributed by atoms with E-state index in [4.69, 9.17) is 0 Å². The van der Waals surface area contributed by atoms with E-state index < -0.39 is 0 Å². The van der Waals surface area contributed by atoms with E-state index in [0.717, 1.165) is 3.79 Å². The van der Waals surface area contributed by atoms with Crippen molar-refractivity contribution in [1.29, 1.82) is 0 Å². The molecule has 0 saturated carbocycles. The quantitative estimate of drug-likeness (QED) is 0.695. The van der Waals surface area contributed by atoms with Gasteiger partial charge in [-0.2, -0.15) is 0 Å². The predicted molar refractivity (Wildman–Crippen MR) is 102 cm³/mol. The van der Waals surface area contributed by atoms with E-state index in [9.17, 15) is 9.59 Å². The van der Waals surface area contributed by atoms with Gasteiger partial charge < -0.3 is 4.90 Å². The van der Waals surface area contributed by atoms with Crippen LogP contribution in [-0.4, -0.2) is 34.0 Å². The summed E-state index contributed by atoms with van der Waals surface area (Å²) in [4.78, 5) is 27.3. The van der Waals surface area contributed by atoms with Gasteiger partial charge in [0, 0.05) is 22.7 Å². The number of thiophene rings is 1. The Balaban J connectivity index is 1.58. The topological polar surface area (TPSA) is 37.4 Å². The maximum absolute atomic E-state index is 12.1. The number of carbonyl (C=O) groups is 2. The lowest BCUT2D eigenvalue weighted by molar-refractivity contribution is -0.127. The van der Waals surface area contributed by atoms with Crippen LogP contribution in [-0.2, 0) is 4.79 Å². The van der Waals surface area contributed by atoms with Crippen LogP contribution in [0.15, 0.2) is 46.3 Å². The van der Waals surface area contributed by atoms with E-state index in [0.29, 0.717) is 23.6 Å². The van der Waals surface area contributed by atoms with E-state index in [-0.39, 0.29) is 16.4 Å². The lowest BCUT2D eigenvalue weighted by Gasteiger charge is -2.22. The van der Waals surface area contributed by atoms with Crippen LogP contribution >= 0.6 is 50.8 Å². The maximum atomic E-state index is 12.1. The van der Waals surface area contributed by atoms with E-state index >= 15 is 0 Å². The summed E-state index contributed by atoms with van der Waals surface area (Å²) in [5, 5.41) is 0.131. The van der Waals surface area contributed by atoms with Crippen molar-refractivity contribution in [1.82, 2.24) is 4.90 Å². The summed E-state index contributed by atoms with van der Waals surface area (Å²) in [6.07, 6.45) is 0. The molecular weight excluding hydrogens is 414 g/mol. The molecule has 1 aliphatic heterocycles. The van der Waals surface area contributed by atoms with Crippen molar-refractivity contribution in [3.63, 3.8) is 0 Å². The van der Waals surface area contributed by atoms with Gasteiger partial charge in [-0.15, -0.1) is 23.1 Å². The summed E-state index contributed by atoms with van der Waals surface area (Å²) < 4.78 is 1.07. The molecule has 0 aliphatic carbocycles. The van der Waals surface area contributed by atoms with Crippen LogP contribution in [0.4, 0.5) is 0 Å². The summed E-state index contributed by atoms with van der Waals surface area (Å²) in [5.41, 5.74) is 0.707. The maximum Gasteiger partial charge on any atom is 0.233 e. The number of hydrogen-bond acceptors (Lipinski definition) is 5. The van der Waals surface area contributed by atoms with Crippen LogP contribution in [0, 0.1) is 0 Å². The molecule has 1 unspecified atom stereocenters. The van der Waals surface area contributed by atoms with Gasteiger partial charge in [-0.3, -0.25) is 9.59 Å². The number of amides is 1. The van der Waals surface area contributed by atoms with Crippen molar-refractivity contribution >= 4 is 61.8 Å². The Hall–Kier alpha value is -0.760. The lowest BCUT2D eigenvalue weighted by atomic mass is 10.2. The van der Waals surface area contributed by atoms with E-state index in [2.05, 4.69) is 22.0 Å². The second-order valence-electron chi connectivity index (χ2n) is 4.89. The first-order valence-electron chi connectivity index (χ1n) is 7.03. The molecule has 0 N–H and O–H groups in total. The molecule has 3 nitrogen and oxygen atoms in total. The molecule has 1 atom stereocenters. The first-order valence-corrected chi connectivity index (χ1v) is 10.7. The van der Waals surface area contributed by atoms with Gasteiger partial charge in [0.1, 0.15) is 5.37 Å². The fourth-order valence-corrected chi connectivity index (χ4v) is 5.94. The van der Waals surface area contributed by atoms with Crippen molar-refractivity contribution in [2.75, 3.05) is 18.1 Å². The molecule has 1 aromatic carbocycles. The van der Waals surface area contributed by atoms with Crippen LogP contribution in [0.3, 0.4) is 0 Å². The van der Waals surface area contributed by atoms with Gasteiger partial charge in [0.15, 0.2) is 0 Å². The molecule has 1 fully saturated rings. The number of halogens is 1. The summed E-state index contributed by atoms with van der Waals surface area (Å²) in [6, 6.07) is 13.3. The zero-order chi connectivity index (χ0) is 16.2. The highest BCUT2D eigenvalue weighted by Crippen LogP contribution is 2.42. The second kappa shape index (κ2) is 7.88. The first-order chi connectivity index (χ1) is 11.1. The Bertz CT molecular complexity index is 704. The van der Waals surface area contributed by atoms with Crippen molar-refractivity contribution in [3.8, 4) is 0 Å². The van der Waals surface area contributed by atoms with E-state index in [1.165, 1.54) is 16.6 Å². The second-order valence-corrected chi connectivity index (χ2v) is 9.53. The monoisotopic (exact) mass is 427 g/mol. The molecule has 0 radical (unpaired) electrons. The minimum atomic E-state index is 0.0558. The van der Waals surface area contributed by atoms with Crippen LogP contribution in [0.2, 0.25) is 0 Å². The van der Waals surface area contributed by atoms with Crippen molar-refractivity contribution < 1.29 is 9.59 Å². The lowest BCUT2D eigenvalue weighted by Crippen LogP contribution is -2.30. The number of nitrogens with zero attached hydrogens (tertiary/aromatic N) is 1. The molecular formula is C16H14BrNO2S3. The van der Waals surface area contributed by atoms with Crippen molar-refractivity contribution in [3.05, 3.63) is 56.7 Å². The molecule has 2 aromatic rings. The molecule has 0 bridgehead atoms. The van der Waals surface area contributed by atoms with Crippen molar-refractivity contribution in [2.24, 2.45) is 0 Å². The van der Waals surface area contributed by atoms with Crippen molar-refractivity contribution in [2.45, 2.75) is 5.37 Å². The molecule has 2 heterocycles. The largest absolute Gasteiger partial charge is 0.324 e. The van der Waals surface area contributed by atoms with Crippen LogP contribution in [0.5, 0.6) is 0 Å². The molecule has 0 spiro atoms. The third kappa shape index (κ3) is 4.21. The van der Waals surface area contributed by atoms with Gasteiger partial charge in [-0.1, -0.05) is 42.1 Å². The normalized spacial score (nSPS) is 17.7. The number of carbonyl (C=O) groups excluding carboxylic acids is 2. The smallest absolute Gasteiger partial charge is 0.233 e. The average molecular weight is 428 g/mol. The van der Waals surface area contributed by atoms with Crippen LogP contribution < -0.4 is 0 Å². The standard InChI is InChI=1S/C16H14BrNO2S3/c17-13-7-6-12(23-13)15-18(14(19)10-22-15)8-9-21-16(20)11-4-2-1-3-5-11/h1-7,15H,8-10H2. The number of benzene rings is 1. The fraction of sp³-hybridized carbons (Fsp3) is 0.250. The highest BCUT2D eigenvalue weighted by atomic mass is 79.9. The Labute approximate surface area is 156 Å². The minimum Gasteiger partial charge on any atom is -0.324 e. The molecule has 120 valence electrons. The molecule has 7 heteroatoms. The van der Waals surface area contributed by atoms with Gasteiger partial charge in [0.2, 0.25) is 11.0 Å².